The van der Waals surface area contributed by atoms with Gasteiger partial charge in [0, 0.05) is 12.3 Å². The monoisotopic (exact) mass is 485 g/mol. The van der Waals surface area contributed by atoms with Crippen LogP contribution in [0.2, 0.25) is 0 Å². The standard InChI is InChI=1S/C25H31N3O5S/c1-5-11-28-24(16-33-21-8-6-7-18(2)12-21)26-27-25(28)34-17-20(29)15-32-14-19-9-10-22(30-3)23(13-19)31-4/h5-10,12-13,20,29H,1,11,14-17H2,2-4H3. The molecule has 1 aromatic heterocycles. The Labute approximate surface area is 204 Å². The van der Waals surface area contributed by atoms with Crippen LogP contribution in [-0.4, -0.2) is 52.6 Å². The number of ether oxygens (including phenoxy) is 4. The summed E-state index contributed by atoms with van der Waals surface area (Å²) in [7, 11) is 3.19. The predicted molar refractivity (Wildman–Crippen MR) is 132 cm³/mol. The topological polar surface area (TPSA) is 87.9 Å². The van der Waals surface area contributed by atoms with Crippen molar-refractivity contribution < 1.29 is 24.1 Å². The van der Waals surface area contributed by atoms with E-state index >= 15 is 0 Å². The molecule has 3 rings (SSSR count). The lowest BCUT2D eigenvalue weighted by molar-refractivity contribution is 0.0397. The fourth-order valence-electron chi connectivity index (χ4n) is 3.20. The number of aromatic nitrogens is 3. The minimum atomic E-state index is -0.661. The van der Waals surface area contributed by atoms with Crippen LogP contribution in [0.25, 0.3) is 0 Å². The van der Waals surface area contributed by atoms with E-state index in [1.54, 1.807) is 20.3 Å². The maximum absolute atomic E-state index is 10.4. The van der Waals surface area contributed by atoms with E-state index in [0.29, 0.717) is 48.0 Å². The highest BCUT2D eigenvalue weighted by Crippen LogP contribution is 2.28. The molecular weight excluding hydrogens is 454 g/mol. The van der Waals surface area contributed by atoms with Gasteiger partial charge in [0.1, 0.15) is 12.4 Å². The lowest BCUT2D eigenvalue weighted by atomic mass is 10.2. The van der Waals surface area contributed by atoms with E-state index in [0.717, 1.165) is 16.9 Å². The van der Waals surface area contributed by atoms with Gasteiger partial charge in [0.05, 0.1) is 33.5 Å². The summed E-state index contributed by atoms with van der Waals surface area (Å²) in [6.07, 6.45) is 1.12. The van der Waals surface area contributed by atoms with Crippen LogP contribution in [0, 0.1) is 6.92 Å². The number of hydrogen-bond acceptors (Lipinski definition) is 8. The number of allylic oxidation sites excluding steroid dienone is 1. The second-order valence-electron chi connectivity index (χ2n) is 7.57. The fraction of sp³-hybridized carbons (Fsp3) is 0.360. The Morgan fingerprint density at radius 3 is 2.65 bits per heavy atom. The van der Waals surface area contributed by atoms with E-state index < -0.39 is 6.10 Å². The number of thioether (sulfide) groups is 1. The molecular formula is C25H31N3O5S. The molecule has 0 aliphatic carbocycles. The lowest BCUT2D eigenvalue weighted by Gasteiger charge is -2.13. The van der Waals surface area contributed by atoms with E-state index in [2.05, 4.69) is 16.8 Å². The number of methoxy groups -OCH3 is 2. The molecule has 0 radical (unpaired) electrons. The molecule has 34 heavy (non-hydrogen) atoms. The van der Waals surface area contributed by atoms with Gasteiger partial charge in [-0.2, -0.15) is 0 Å². The van der Waals surface area contributed by atoms with Crippen LogP contribution in [0.1, 0.15) is 17.0 Å². The molecule has 9 heteroatoms. The van der Waals surface area contributed by atoms with Crippen molar-refractivity contribution in [1.82, 2.24) is 14.8 Å². The van der Waals surface area contributed by atoms with Gasteiger partial charge in [0.15, 0.2) is 22.5 Å². The number of rotatable bonds is 14. The average molecular weight is 486 g/mol. The second-order valence-corrected chi connectivity index (χ2v) is 8.56. The summed E-state index contributed by atoms with van der Waals surface area (Å²) in [5.74, 6) is 3.20. The van der Waals surface area contributed by atoms with Crippen molar-refractivity contribution in [2.45, 2.75) is 37.9 Å². The molecule has 1 heterocycles. The zero-order valence-corrected chi connectivity index (χ0v) is 20.6. The first-order chi connectivity index (χ1) is 16.5. The molecule has 0 aliphatic heterocycles. The van der Waals surface area contributed by atoms with E-state index in [9.17, 15) is 5.11 Å². The van der Waals surface area contributed by atoms with Gasteiger partial charge >= 0.3 is 0 Å². The maximum Gasteiger partial charge on any atom is 0.191 e. The van der Waals surface area contributed by atoms with E-state index in [1.165, 1.54) is 11.8 Å². The highest BCUT2D eigenvalue weighted by atomic mass is 32.2. The number of nitrogens with zero attached hydrogens (tertiary/aromatic N) is 3. The van der Waals surface area contributed by atoms with Crippen LogP contribution in [0.4, 0.5) is 0 Å². The highest BCUT2D eigenvalue weighted by Gasteiger charge is 2.15. The van der Waals surface area contributed by atoms with Gasteiger partial charge in [-0.15, -0.1) is 16.8 Å². The second kappa shape index (κ2) is 13.0. The van der Waals surface area contributed by atoms with Gasteiger partial charge in [-0.05, 0) is 42.3 Å². The molecule has 1 atom stereocenters. The Morgan fingerprint density at radius 2 is 1.91 bits per heavy atom. The van der Waals surface area contributed by atoms with Crippen LogP contribution >= 0.6 is 11.8 Å². The number of aliphatic hydroxyl groups is 1. The van der Waals surface area contributed by atoms with Gasteiger partial charge in [-0.25, -0.2) is 0 Å². The molecule has 0 spiro atoms. The first-order valence-corrected chi connectivity index (χ1v) is 11.8. The average Bonchev–Trinajstić information content (AvgIpc) is 3.23. The minimum Gasteiger partial charge on any atom is -0.493 e. The smallest absolute Gasteiger partial charge is 0.191 e. The normalized spacial score (nSPS) is 11.8. The molecule has 8 nitrogen and oxygen atoms in total. The van der Waals surface area contributed by atoms with Crippen LogP contribution in [-0.2, 0) is 24.5 Å². The van der Waals surface area contributed by atoms with E-state index in [1.807, 2.05) is 54.0 Å². The molecule has 0 amide bonds. The molecule has 0 fully saturated rings. The Kier molecular flexibility index (Phi) is 9.81. The Morgan fingerprint density at radius 1 is 1.09 bits per heavy atom. The SMILES string of the molecule is C=CCn1c(COc2cccc(C)c2)nnc1SCC(O)COCc1ccc(OC)c(OC)c1. The summed E-state index contributed by atoms with van der Waals surface area (Å²) >= 11 is 1.42. The number of benzene rings is 2. The fourth-order valence-corrected chi connectivity index (χ4v) is 4.07. The van der Waals surface area contributed by atoms with Crippen molar-refractivity contribution in [2.75, 3.05) is 26.6 Å². The molecule has 0 bridgehead atoms. The number of aliphatic hydroxyl groups excluding tert-OH is 1. The van der Waals surface area contributed by atoms with Gasteiger partial charge in [0.2, 0.25) is 0 Å². The summed E-state index contributed by atoms with van der Waals surface area (Å²) in [5.41, 5.74) is 2.06. The Hall–Kier alpha value is -3.01. The van der Waals surface area contributed by atoms with Crippen molar-refractivity contribution in [1.29, 1.82) is 0 Å². The Bertz CT molecular complexity index is 1070. The van der Waals surface area contributed by atoms with Crippen molar-refractivity contribution in [3.8, 4) is 17.2 Å². The third kappa shape index (κ3) is 7.24. The van der Waals surface area contributed by atoms with Crippen molar-refractivity contribution in [3.63, 3.8) is 0 Å². The van der Waals surface area contributed by atoms with Crippen LogP contribution in [0.15, 0.2) is 60.3 Å². The molecule has 0 saturated carbocycles. The van der Waals surface area contributed by atoms with E-state index in [4.69, 9.17) is 18.9 Å². The summed E-state index contributed by atoms with van der Waals surface area (Å²) in [6, 6.07) is 13.5. The first-order valence-electron chi connectivity index (χ1n) is 10.9. The maximum atomic E-state index is 10.4. The summed E-state index contributed by atoms with van der Waals surface area (Å²) in [5, 5.41) is 19.6. The molecule has 0 aliphatic rings. The van der Waals surface area contributed by atoms with Gasteiger partial charge in [-0.1, -0.05) is 36.0 Å². The molecule has 182 valence electrons. The van der Waals surface area contributed by atoms with Crippen LogP contribution in [0.3, 0.4) is 0 Å². The van der Waals surface area contributed by atoms with Gasteiger partial charge < -0.3 is 24.1 Å². The zero-order chi connectivity index (χ0) is 24.3. The zero-order valence-electron chi connectivity index (χ0n) is 19.8. The molecule has 0 saturated heterocycles. The summed E-state index contributed by atoms with van der Waals surface area (Å²) in [4.78, 5) is 0. The molecule has 1 N–H and O–H groups in total. The van der Waals surface area contributed by atoms with Gasteiger partial charge in [-0.3, -0.25) is 4.57 Å². The molecule has 2 aromatic carbocycles. The third-order valence-corrected chi connectivity index (χ3v) is 6.01. The third-order valence-electron chi connectivity index (χ3n) is 4.89. The van der Waals surface area contributed by atoms with Crippen molar-refractivity contribution >= 4 is 11.8 Å². The van der Waals surface area contributed by atoms with Crippen molar-refractivity contribution in [3.05, 3.63) is 72.1 Å². The van der Waals surface area contributed by atoms with Crippen LogP contribution < -0.4 is 14.2 Å². The quantitative estimate of drug-likeness (QED) is 0.270. The predicted octanol–water partition coefficient (Wildman–Crippen LogP) is 4.04. The largest absolute Gasteiger partial charge is 0.493 e. The van der Waals surface area contributed by atoms with E-state index in [-0.39, 0.29) is 6.61 Å². The molecule has 1 unspecified atom stereocenters. The highest BCUT2D eigenvalue weighted by molar-refractivity contribution is 7.99. The first kappa shape index (κ1) is 25.6. The minimum absolute atomic E-state index is 0.195. The number of hydrogen-bond donors (Lipinski definition) is 1. The summed E-state index contributed by atoms with van der Waals surface area (Å²) < 4.78 is 24.0. The van der Waals surface area contributed by atoms with Crippen molar-refractivity contribution in [2.24, 2.45) is 0 Å². The summed E-state index contributed by atoms with van der Waals surface area (Å²) in [6.45, 7) is 7.24. The molecule has 3 aromatic rings. The van der Waals surface area contributed by atoms with Crippen LogP contribution in [0.5, 0.6) is 17.2 Å². The Balaban J connectivity index is 1.49. The van der Waals surface area contributed by atoms with Gasteiger partial charge in [0.25, 0.3) is 0 Å². The number of aryl methyl sites for hydroxylation is 1. The lowest BCUT2D eigenvalue weighted by Crippen LogP contribution is -2.18.